The average molecular weight is 313 g/mol. The van der Waals surface area contributed by atoms with Crippen LogP contribution >= 0.6 is 23.2 Å². The van der Waals surface area contributed by atoms with Gasteiger partial charge in [0.05, 0.1) is 6.04 Å². The molecule has 2 aromatic rings. The number of hydrogen-bond acceptors (Lipinski definition) is 2. The minimum absolute atomic E-state index is 0.208. The van der Waals surface area contributed by atoms with Crippen molar-refractivity contribution >= 4 is 23.2 Å². The van der Waals surface area contributed by atoms with Gasteiger partial charge in [0.15, 0.2) is 0 Å². The van der Waals surface area contributed by atoms with Crippen molar-refractivity contribution in [1.29, 1.82) is 0 Å². The number of aryl methyl sites for hydroxylation is 1. The second kappa shape index (κ2) is 6.55. The Morgan fingerprint density at radius 3 is 2.45 bits per heavy atom. The molecule has 2 rings (SSSR count). The SMILES string of the molecule is Cc1cc(Cl)ccc1C(Cc1cc(Cl)ccc1F)NN. The molecule has 0 heterocycles. The highest BCUT2D eigenvalue weighted by atomic mass is 35.5. The molecular formula is C15H15Cl2FN2. The Hall–Kier alpha value is -1.13. The quantitative estimate of drug-likeness (QED) is 0.656. The summed E-state index contributed by atoms with van der Waals surface area (Å²) in [4.78, 5) is 0. The monoisotopic (exact) mass is 312 g/mol. The number of nitrogens with one attached hydrogen (secondary N) is 1. The molecule has 0 saturated carbocycles. The molecule has 0 aliphatic heterocycles. The van der Waals surface area contributed by atoms with Gasteiger partial charge in [0.25, 0.3) is 0 Å². The van der Waals surface area contributed by atoms with Crippen LogP contribution in [0.4, 0.5) is 4.39 Å². The summed E-state index contributed by atoms with van der Waals surface area (Å²) in [6, 6.07) is 9.84. The first kappa shape index (κ1) is 15.3. The minimum Gasteiger partial charge on any atom is -0.271 e. The zero-order valence-corrected chi connectivity index (χ0v) is 12.5. The van der Waals surface area contributed by atoms with Gasteiger partial charge in [-0.05, 0) is 60.4 Å². The maximum atomic E-state index is 13.8. The molecule has 0 bridgehead atoms. The molecule has 106 valence electrons. The molecule has 2 nitrogen and oxygen atoms in total. The van der Waals surface area contributed by atoms with Crippen LogP contribution in [0.5, 0.6) is 0 Å². The molecule has 0 aliphatic carbocycles. The van der Waals surface area contributed by atoms with E-state index in [0.29, 0.717) is 22.0 Å². The van der Waals surface area contributed by atoms with Crippen LogP contribution in [0.2, 0.25) is 10.0 Å². The first-order valence-corrected chi connectivity index (χ1v) is 6.93. The Labute approximate surface area is 127 Å². The van der Waals surface area contributed by atoms with Crippen molar-refractivity contribution in [3.63, 3.8) is 0 Å². The van der Waals surface area contributed by atoms with Gasteiger partial charge in [-0.25, -0.2) is 4.39 Å². The fourth-order valence-corrected chi connectivity index (χ4v) is 2.63. The highest BCUT2D eigenvalue weighted by Crippen LogP contribution is 2.26. The van der Waals surface area contributed by atoms with Crippen molar-refractivity contribution < 1.29 is 4.39 Å². The zero-order chi connectivity index (χ0) is 14.7. The third-order valence-corrected chi connectivity index (χ3v) is 3.71. The van der Waals surface area contributed by atoms with Crippen LogP contribution in [-0.4, -0.2) is 0 Å². The van der Waals surface area contributed by atoms with Crippen molar-refractivity contribution in [2.45, 2.75) is 19.4 Å². The molecular weight excluding hydrogens is 298 g/mol. The minimum atomic E-state index is -0.290. The van der Waals surface area contributed by atoms with Crippen molar-refractivity contribution in [1.82, 2.24) is 5.43 Å². The summed E-state index contributed by atoms with van der Waals surface area (Å²) >= 11 is 11.8. The first-order valence-electron chi connectivity index (χ1n) is 6.17. The van der Waals surface area contributed by atoms with Crippen LogP contribution in [0.15, 0.2) is 36.4 Å². The van der Waals surface area contributed by atoms with Gasteiger partial charge in [0, 0.05) is 10.0 Å². The van der Waals surface area contributed by atoms with Crippen molar-refractivity contribution in [3.8, 4) is 0 Å². The second-order valence-corrected chi connectivity index (χ2v) is 5.53. The van der Waals surface area contributed by atoms with Gasteiger partial charge >= 0.3 is 0 Å². The summed E-state index contributed by atoms with van der Waals surface area (Å²) in [5, 5.41) is 1.17. The number of benzene rings is 2. The first-order chi connectivity index (χ1) is 9.51. The summed E-state index contributed by atoms with van der Waals surface area (Å²) in [6.45, 7) is 1.94. The number of hydrogen-bond donors (Lipinski definition) is 2. The highest BCUT2D eigenvalue weighted by Gasteiger charge is 2.15. The van der Waals surface area contributed by atoms with Gasteiger partial charge in [-0.15, -0.1) is 0 Å². The lowest BCUT2D eigenvalue weighted by Gasteiger charge is -2.19. The van der Waals surface area contributed by atoms with E-state index in [2.05, 4.69) is 5.43 Å². The fraction of sp³-hybridized carbons (Fsp3) is 0.200. The van der Waals surface area contributed by atoms with Crippen LogP contribution in [0.3, 0.4) is 0 Å². The van der Waals surface area contributed by atoms with Crippen LogP contribution in [-0.2, 0) is 6.42 Å². The smallest absolute Gasteiger partial charge is 0.126 e. The van der Waals surface area contributed by atoms with E-state index in [4.69, 9.17) is 29.0 Å². The predicted octanol–water partition coefficient (Wildman–Crippen LogP) is 4.19. The summed E-state index contributed by atoms with van der Waals surface area (Å²) in [6.07, 6.45) is 0.408. The molecule has 1 atom stereocenters. The number of hydrazine groups is 1. The van der Waals surface area contributed by atoms with Crippen molar-refractivity contribution in [3.05, 3.63) is 69.0 Å². The van der Waals surface area contributed by atoms with Gasteiger partial charge in [0.1, 0.15) is 5.82 Å². The molecule has 0 aromatic heterocycles. The van der Waals surface area contributed by atoms with Gasteiger partial charge in [-0.1, -0.05) is 29.3 Å². The van der Waals surface area contributed by atoms with Gasteiger partial charge < -0.3 is 0 Å². The van der Waals surface area contributed by atoms with Crippen molar-refractivity contribution in [2.75, 3.05) is 0 Å². The standard InChI is InChI=1S/C15H15Cl2FN2/c1-9-6-11(16)2-4-13(9)15(20-19)8-10-7-12(17)3-5-14(10)18/h2-7,15,20H,8,19H2,1H3. The normalized spacial score (nSPS) is 12.4. The van der Waals surface area contributed by atoms with E-state index >= 15 is 0 Å². The molecule has 0 fully saturated rings. The summed E-state index contributed by atoms with van der Waals surface area (Å²) in [7, 11) is 0. The van der Waals surface area contributed by atoms with Crippen LogP contribution < -0.4 is 11.3 Å². The van der Waals surface area contributed by atoms with Crippen molar-refractivity contribution in [2.24, 2.45) is 5.84 Å². The lowest BCUT2D eigenvalue weighted by Crippen LogP contribution is -2.30. The number of rotatable bonds is 4. The van der Waals surface area contributed by atoms with E-state index in [0.717, 1.165) is 11.1 Å². The summed E-state index contributed by atoms with van der Waals surface area (Å²) in [5.74, 6) is 5.32. The van der Waals surface area contributed by atoms with Crippen LogP contribution in [0.1, 0.15) is 22.7 Å². The van der Waals surface area contributed by atoms with Crippen LogP contribution in [0.25, 0.3) is 0 Å². The number of halogens is 3. The van der Waals surface area contributed by atoms with E-state index in [1.807, 2.05) is 19.1 Å². The van der Waals surface area contributed by atoms with Gasteiger partial charge in [0.2, 0.25) is 0 Å². The van der Waals surface area contributed by atoms with Gasteiger partial charge in [-0.3, -0.25) is 11.3 Å². The van der Waals surface area contributed by atoms with E-state index in [9.17, 15) is 4.39 Å². The molecule has 20 heavy (non-hydrogen) atoms. The molecule has 1 unspecified atom stereocenters. The molecule has 0 spiro atoms. The lowest BCUT2D eigenvalue weighted by molar-refractivity contribution is 0.527. The lowest BCUT2D eigenvalue weighted by atomic mass is 9.95. The van der Waals surface area contributed by atoms with E-state index in [-0.39, 0.29) is 11.9 Å². The average Bonchev–Trinajstić information content (AvgIpc) is 2.40. The second-order valence-electron chi connectivity index (χ2n) is 4.66. The molecule has 0 radical (unpaired) electrons. The highest BCUT2D eigenvalue weighted by molar-refractivity contribution is 6.30. The van der Waals surface area contributed by atoms with Crippen LogP contribution in [0, 0.1) is 12.7 Å². The Kier molecular flexibility index (Phi) is 5.00. The van der Waals surface area contributed by atoms with E-state index in [1.54, 1.807) is 12.1 Å². The maximum absolute atomic E-state index is 13.8. The molecule has 0 saturated heterocycles. The Morgan fingerprint density at radius 1 is 1.15 bits per heavy atom. The molecule has 5 heteroatoms. The zero-order valence-electron chi connectivity index (χ0n) is 11.0. The fourth-order valence-electron chi connectivity index (χ4n) is 2.21. The largest absolute Gasteiger partial charge is 0.271 e. The Bertz CT molecular complexity index is 617. The third-order valence-electron chi connectivity index (χ3n) is 3.24. The van der Waals surface area contributed by atoms with Gasteiger partial charge in [-0.2, -0.15) is 0 Å². The topological polar surface area (TPSA) is 38.0 Å². The Balaban J connectivity index is 2.31. The number of nitrogens with two attached hydrogens (primary N) is 1. The molecule has 2 aromatic carbocycles. The van der Waals surface area contributed by atoms with E-state index in [1.165, 1.54) is 12.1 Å². The molecule has 0 amide bonds. The Morgan fingerprint density at radius 2 is 1.80 bits per heavy atom. The molecule has 0 aliphatic rings. The van der Waals surface area contributed by atoms with E-state index < -0.39 is 0 Å². The summed E-state index contributed by atoms with van der Waals surface area (Å²) < 4.78 is 13.8. The summed E-state index contributed by atoms with van der Waals surface area (Å²) in [5.41, 5.74) is 5.23. The maximum Gasteiger partial charge on any atom is 0.126 e. The predicted molar refractivity (Wildman–Crippen MR) is 81.4 cm³/mol. The third kappa shape index (κ3) is 3.49. The molecule has 3 N–H and O–H groups in total.